The molecule has 5 nitrogen and oxygen atoms in total. The Morgan fingerprint density at radius 1 is 1.11 bits per heavy atom. The molecule has 0 N–H and O–H groups in total. The van der Waals surface area contributed by atoms with Gasteiger partial charge in [-0.1, -0.05) is 47.5 Å². The summed E-state index contributed by atoms with van der Waals surface area (Å²) >= 11 is 11.8. The Balaban J connectivity index is 1.31. The maximum Gasteiger partial charge on any atom is 0.254 e. The van der Waals surface area contributed by atoms with Crippen molar-refractivity contribution in [1.82, 2.24) is 9.80 Å². The molecule has 0 saturated carbocycles. The zero-order valence-electron chi connectivity index (χ0n) is 25.9. The number of benzene rings is 3. The summed E-state index contributed by atoms with van der Waals surface area (Å²) in [5, 5.41) is 10.8. The molecule has 1 aliphatic carbocycles. The van der Waals surface area contributed by atoms with E-state index in [9.17, 15) is 14.6 Å². The molecule has 3 aromatic rings. The Kier molecular flexibility index (Phi) is 11.0. The van der Waals surface area contributed by atoms with Gasteiger partial charge in [0, 0.05) is 30.6 Å². The lowest BCUT2D eigenvalue weighted by atomic mass is 9.83. The van der Waals surface area contributed by atoms with Crippen LogP contribution < -0.4 is 0 Å². The molecule has 1 amide bonds. The number of nitriles is 1. The molecule has 1 fully saturated rings. The van der Waals surface area contributed by atoms with Gasteiger partial charge in [-0.15, -0.1) is 0 Å². The van der Waals surface area contributed by atoms with Crippen LogP contribution >= 0.6 is 23.2 Å². The molecule has 0 radical (unpaired) electrons. The van der Waals surface area contributed by atoms with E-state index in [4.69, 9.17) is 23.2 Å². The molecule has 0 bridgehead atoms. The number of halogens is 2. The maximum absolute atomic E-state index is 14.1. The lowest BCUT2D eigenvalue weighted by Gasteiger charge is -2.34. The van der Waals surface area contributed by atoms with Crippen molar-refractivity contribution < 1.29 is 9.35 Å². The van der Waals surface area contributed by atoms with Gasteiger partial charge in [-0.25, -0.2) is 0 Å². The van der Waals surface area contributed by atoms with Gasteiger partial charge in [-0.2, -0.15) is 5.26 Å². The van der Waals surface area contributed by atoms with Crippen LogP contribution in [-0.2, 0) is 24.0 Å². The van der Waals surface area contributed by atoms with Crippen LogP contribution in [0.4, 0.5) is 0 Å². The lowest BCUT2D eigenvalue weighted by Crippen LogP contribution is -2.37. The number of carbonyl (C=O) groups is 1. The second kappa shape index (κ2) is 14.7. The van der Waals surface area contributed by atoms with Crippen molar-refractivity contribution in [3.8, 4) is 6.07 Å². The molecule has 232 valence electrons. The van der Waals surface area contributed by atoms with Crippen molar-refractivity contribution in [2.45, 2.75) is 68.6 Å². The first kappa shape index (κ1) is 32.9. The predicted octanol–water partition coefficient (Wildman–Crippen LogP) is 7.92. The van der Waals surface area contributed by atoms with Crippen LogP contribution in [0.15, 0.2) is 53.4 Å². The number of fused-ring (bicyclic) bond motifs is 1. The summed E-state index contributed by atoms with van der Waals surface area (Å²) in [5.74, 6) is 0.463. The van der Waals surface area contributed by atoms with E-state index in [1.54, 1.807) is 6.26 Å². The van der Waals surface area contributed by atoms with Crippen LogP contribution in [0.2, 0.25) is 10.0 Å². The van der Waals surface area contributed by atoms with Gasteiger partial charge >= 0.3 is 0 Å². The molecule has 3 aromatic carbocycles. The monoisotopic (exact) mass is 649 g/mol. The SMILES string of the molecule is Cc1c(C#N)cc2c(c1C(=O)N(C)CC(CCN1CCC(c3ccccc3[S+](C)[O-])CC1)c1ccc(Cl)c(Cl)c1)CCCC2. The smallest absolute Gasteiger partial charge is 0.254 e. The highest BCUT2D eigenvalue weighted by atomic mass is 35.5. The van der Waals surface area contributed by atoms with Gasteiger partial charge in [-0.3, -0.25) is 4.79 Å². The second-order valence-electron chi connectivity index (χ2n) is 12.3. The lowest BCUT2D eigenvalue weighted by molar-refractivity contribution is 0.0779. The second-order valence-corrected chi connectivity index (χ2v) is 14.5. The predicted molar refractivity (Wildman–Crippen MR) is 181 cm³/mol. The Morgan fingerprint density at radius 2 is 1.84 bits per heavy atom. The molecular formula is C36H41Cl2N3O2S. The van der Waals surface area contributed by atoms with Crippen molar-refractivity contribution in [2.24, 2.45) is 0 Å². The summed E-state index contributed by atoms with van der Waals surface area (Å²) in [6.45, 7) is 5.30. The fourth-order valence-corrected chi connectivity index (χ4v) is 8.19. The van der Waals surface area contributed by atoms with Gasteiger partial charge in [0.2, 0.25) is 0 Å². The zero-order valence-corrected chi connectivity index (χ0v) is 28.2. The third-order valence-electron chi connectivity index (χ3n) is 9.55. The molecular weight excluding hydrogens is 609 g/mol. The van der Waals surface area contributed by atoms with E-state index in [1.807, 2.05) is 61.3 Å². The van der Waals surface area contributed by atoms with Crippen LogP contribution in [0.1, 0.15) is 87.7 Å². The van der Waals surface area contributed by atoms with E-state index in [0.717, 1.165) is 91.7 Å². The summed E-state index contributed by atoms with van der Waals surface area (Å²) in [6, 6.07) is 18.2. The minimum Gasteiger partial charge on any atom is -0.612 e. The highest BCUT2D eigenvalue weighted by molar-refractivity contribution is 7.90. The summed E-state index contributed by atoms with van der Waals surface area (Å²) in [7, 11) is 1.88. The third kappa shape index (κ3) is 7.30. The summed E-state index contributed by atoms with van der Waals surface area (Å²) in [4.78, 5) is 19.4. The first-order valence-corrected chi connectivity index (χ1v) is 17.9. The molecule has 8 heteroatoms. The van der Waals surface area contributed by atoms with Crippen LogP contribution in [0.25, 0.3) is 0 Å². The number of aryl methyl sites for hydroxylation is 1. The minimum atomic E-state index is -0.996. The number of rotatable bonds is 9. The number of amides is 1. The number of likely N-dealkylation sites (N-methyl/N-ethyl adjacent to an activating group) is 1. The summed E-state index contributed by atoms with van der Waals surface area (Å²) in [5.41, 5.74) is 6.65. The summed E-state index contributed by atoms with van der Waals surface area (Å²) in [6.07, 6.45) is 8.63. The van der Waals surface area contributed by atoms with E-state index in [0.29, 0.717) is 33.6 Å². The number of carbonyl (C=O) groups excluding carboxylic acids is 1. The molecule has 2 aliphatic rings. The topological polar surface area (TPSA) is 70.4 Å². The molecule has 0 spiro atoms. The van der Waals surface area contributed by atoms with Gasteiger partial charge in [0.1, 0.15) is 6.26 Å². The van der Waals surface area contributed by atoms with Gasteiger partial charge < -0.3 is 14.4 Å². The van der Waals surface area contributed by atoms with Crippen LogP contribution in [0, 0.1) is 18.3 Å². The van der Waals surface area contributed by atoms with E-state index >= 15 is 0 Å². The molecule has 5 rings (SSSR count). The van der Waals surface area contributed by atoms with Crippen molar-refractivity contribution in [3.05, 3.63) is 97.5 Å². The average Bonchev–Trinajstić information content (AvgIpc) is 3.04. The largest absolute Gasteiger partial charge is 0.612 e. The normalized spacial score (nSPS) is 17.0. The first-order valence-electron chi connectivity index (χ1n) is 15.6. The van der Waals surface area contributed by atoms with E-state index < -0.39 is 11.2 Å². The molecule has 1 aliphatic heterocycles. The highest BCUT2D eigenvalue weighted by Gasteiger charge is 2.29. The van der Waals surface area contributed by atoms with Gasteiger partial charge in [-0.05, 0) is 135 Å². The van der Waals surface area contributed by atoms with Crippen molar-refractivity contribution in [3.63, 3.8) is 0 Å². The Hall–Kier alpha value is -2.53. The van der Waals surface area contributed by atoms with Crippen molar-refractivity contribution in [2.75, 3.05) is 39.5 Å². The van der Waals surface area contributed by atoms with Gasteiger partial charge in [0.15, 0.2) is 4.90 Å². The van der Waals surface area contributed by atoms with Crippen molar-refractivity contribution in [1.29, 1.82) is 5.26 Å². The van der Waals surface area contributed by atoms with E-state index in [-0.39, 0.29) is 11.8 Å². The van der Waals surface area contributed by atoms with E-state index in [1.165, 1.54) is 5.56 Å². The summed E-state index contributed by atoms with van der Waals surface area (Å²) < 4.78 is 12.3. The number of piperidine rings is 1. The minimum absolute atomic E-state index is 0.0180. The fraction of sp³-hybridized carbons (Fsp3) is 0.444. The van der Waals surface area contributed by atoms with Crippen LogP contribution in [0.3, 0.4) is 0 Å². The highest BCUT2D eigenvalue weighted by Crippen LogP contribution is 2.35. The van der Waals surface area contributed by atoms with Crippen LogP contribution in [0.5, 0.6) is 0 Å². The van der Waals surface area contributed by atoms with Gasteiger partial charge in [0.25, 0.3) is 5.91 Å². The number of hydrogen-bond acceptors (Lipinski definition) is 4. The van der Waals surface area contributed by atoms with Crippen molar-refractivity contribution >= 4 is 40.3 Å². The molecule has 1 heterocycles. The standard InChI is InChI=1S/C36H41Cl2N3O2S/c1-24-29(22-39)20-27-8-4-5-10-31(27)35(24)36(42)40(2)23-28(26-12-13-32(37)33(38)21-26)16-19-41-17-14-25(15-18-41)30-9-6-7-11-34(30)44(3)43/h6-7,9,11-13,20-21,25,28H,4-5,8,10,14-19,23H2,1-3H3. The molecule has 2 unspecified atom stereocenters. The maximum atomic E-state index is 14.1. The third-order valence-corrected chi connectivity index (χ3v) is 11.3. The number of nitrogens with zero attached hydrogens (tertiary/aromatic N) is 3. The molecule has 2 atom stereocenters. The first-order chi connectivity index (χ1) is 21.2. The molecule has 44 heavy (non-hydrogen) atoms. The average molecular weight is 651 g/mol. The number of likely N-dealkylation sites (tertiary alicyclic amines) is 1. The zero-order chi connectivity index (χ0) is 31.4. The molecule has 1 saturated heterocycles. The number of hydrogen-bond donors (Lipinski definition) is 0. The van der Waals surface area contributed by atoms with E-state index in [2.05, 4.69) is 17.0 Å². The Bertz CT molecular complexity index is 1550. The van der Waals surface area contributed by atoms with Gasteiger partial charge in [0.05, 0.1) is 21.7 Å². The Labute approximate surface area is 275 Å². The fourth-order valence-electron chi connectivity index (χ4n) is 7.04. The van der Waals surface area contributed by atoms with Crippen LogP contribution in [-0.4, -0.2) is 59.7 Å². The quantitative estimate of drug-likeness (QED) is 0.221. The molecule has 0 aromatic heterocycles. The Morgan fingerprint density at radius 3 is 2.55 bits per heavy atom.